The largest absolute Gasteiger partial charge is 0.349 e. The number of anilines is 1. The molecule has 3 nitrogen and oxygen atoms in total. The van der Waals surface area contributed by atoms with Crippen molar-refractivity contribution < 1.29 is 0 Å². The maximum Gasteiger partial charge on any atom is 0.185 e. The van der Waals surface area contributed by atoms with Gasteiger partial charge in [0.25, 0.3) is 0 Å². The molecule has 1 aromatic rings. The molecular formula is C13H21N3S. The predicted molar refractivity (Wildman–Crippen MR) is 75.7 cm³/mol. The molecule has 0 aliphatic heterocycles. The van der Waals surface area contributed by atoms with Gasteiger partial charge in [0.2, 0.25) is 0 Å². The van der Waals surface area contributed by atoms with Gasteiger partial charge in [-0.05, 0) is 32.8 Å². The van der Waals surface area contributed by atoms with Crippen LogP contribution >= 0.6 is 11.3 Å². The van der Waals surface area contributed by atoms with Crippen molar-refractivity contribution in [1.82, 2.24) is 10.3 Å². The van der Waals surface area contributed by atoms with Crippen LogP contribution in [-0.2, 0) is 0 Å². The van der Waals surface area contributed by atoms with E-state index in [1.807, 2.05) is 6.20 Å². The second-order valence-electron chi connectivity index (χ2n) is 4.30. The quantitative estimate of drug-likeness (QED) is 0.807. The number of hydrogen-bond acceptors (Lipinski definition) is 4. The lowest BCUT2D eigenvalue weighted by molar-refractivity contribution is 0.754. The maximum absolute atomic E-state index is 4.46. The molecule has 0 aromatic carbocycles. The van der Waals surface area contributed by atoms with E-state index in [4.69, 9.17) is 0 Å². The number of thiazole rings is 1. The number of rotatable bonds is 7. The van der Waals surface area contributed by atoms with E-state index in [0.29, 0.717) is 0 Å². The van der Waals surface area contributed by atoms with Gasteiger partial charge in [-0.1, -0.05) is 17.4 Å². The molecule has 0 radical (unpaired) electrons. The Hall–Kier alpha value is -0.870. The van der Waals surface area contributed by atoms with Gasteiger partial charge in [0.05, 0.1) is 0 Å². The normalized spacial score (nSPS) is 15.6. The van der Waals surface area contributed by atoms with E-state index in [1.54, 1.807) is 11.3 Å². The molecule has 17 heavy (non-hydrogen) atoms. The van der Waals surface area contributed by atoms with E-state index in [-0.39, 0.29) is 0 Å². The van der Waals surface area contributed by atoms with Crippen molar-refractivity contribution in [2.45, 2.75) is 32.7 Å². The monoisotopic (exact) mass is 251 g/mol. The standard InChI is InChI=1S/C13H21N3S/c1-3-16(4-2)13-15-10-12(17-13)6-5-9-14-11-7-8-11/h5-6,10-11,14H,3-4,7-9H2,1-2H3. The summed E-state index contributed by atoms with van der Waals surface area (Å²) < 4.78 is 0. The van der Waals surface area contributed by atoms with Crippen molar-refractivity contribution in [3.8, 4) is 0 Å². The lowest BCUT2D eigenvalue weighted by Crippen LogP contribution is -2.21. The summed E-state index contributed by atoms with van der Waals surface area (Å²) in [5.74, 6) is 0. The summed E-state index contributed by atoms with van der Waals surface area (Å²) >= 11 is 1.76. The zero-order valence-corrected chi connectivity index (χ0v) is 11.5. The smallest absolute Gasteiger partial charge is 0.185 e. The Morgan fingerprint density at radius 2 is 2.24 bits per heavy atom. The van der Waals surface area contributed by atoms with Crippen LogP contribution in [0.1, 0.15) is 31.6 Å². The molecule has 0 saturated heterocycles. The minimum atomic E-state index is 0.785. The molecule has 0 atom stereocenters. The van der Waals surface area contributed by atoms with Gasteiger partial charge in [-0.3, -0.25) is 0 Å². The van der Waals surface area contributed by atoms with E-state index in [2.05, 4.69) is 41.2 Å². The third kappa shape index (κ3) is 3.82. The fraction of sp³-hybridized carbons (Fsp3) is 0.615. The predicted octanol–water partition coefficient (Wildman–Crippen LogP) is 2.75. The zero-order valence-electron chi connectivity index (χ0n) is 10.6. The summed E-state index contributed by atoms with van der Waals surface area (Å²) in [6, 6.07) is 0.785. The molecule has 0 unspecified atom stereocenters. The van der Waals surface area contributed by atoms with Crippen LogP contribution in [0.5, 0.6) is 0 Å². The molecule has 1 aromatic heterocycles. The third-order valence-electron chi connectivity index (χ3n) is 2.93. The first kappa shape index (κ1) is 12.6. The molecule has 0 spiro atoms. The maximum atomic E-state index is 4.46. The average molecular weight is 251 g/mol. The second-order valence-corrected chi connectivity index (χ2v) is 5.34. The van der Waals surface area contributed by atoms with Crippen molar-refractivity contribution in [1.29, 1.82) is 0 Å². The Morgan fingerprint density at radius 3 is 2.88 bits per heavy atom. The van der Waals surface area contributed by atoms with E-state index < -0.39 is 0 Å². The van der Waals surface area contributed by atoms with Crippen molar-refractivity contribution in [2.24, 2.45) is 0 Å². The first-order valence-electron chi connectivity index (χ1n) is 6.44. The van der Waals surface area contributed by atoms with Crippen LogP contribution in [0, 0.1) is 0 Å². The SMILES string of the molecule is CCN(CC)c1ncc(C=CCNC2CC2)s1. The first-order chi connectivity index (χ1) is 8.33. The highest BCUT2D eigenvalue weighted by molar-refractivity contribution is 7.16. The van der Waals surface area contributed by atoms with Gasteiger partial charge in [0, 0.05) is 36.8 Å². The minimum Gasteiger partial charge on any atom is -0.349 e. The fourth-order valence-electron chi connectivity index (χ4n) is 1.69. The molecule has 1 N–H and O–H groups in total. The zero-order chi connectivity index (χ0) is 12.1. The van der Waals surface area contributed by atoms with Crippen LogP contribution in [0.2, 0.25) is 0 Å². The molecule has 2 rings (SSSR count). The minimum absolute atomic E-state index is 0.785. The molecule has 94 valence electrons. The van der Waals surface area contributed by atoms with Crippen LogP contribution in [-0.4, -0.2) is 30.7 Å². The highest BCUT2D eigenvalue weighted by Gasteiger charge is 2.18. The van der Waals surface area contributed by atoms with E-state index in [9.17, 15) is 0 Å². The van der Waals surface area contributed by atoms with Crippen LogP contribution in [0.15, 0.2) is 12.3 Å². The number of hydrogen-bond donors (Lipinski definition) is 1. The molecule has 1 saturated carbocycles. The summed E-state index contributed by atoms with van der Waals surface area (Å²) in [4.78, 5) is 7.98. The van der Waals surface area contributed by atoms with Gasteiger partial charge < -0.3 is 10.2 Å². The number of aromatic nitrogens is 1. The Kier molecular flexibility index (Phi) is 4.57. The molecular weight excluding hydrogens is 230 g/mol. The van der Waals surface area contributed by atoms with Crippen LogP contribution in [0.4, 0.5) is 5.13 Å². The molecule has 0 bridgehead atoms. The summed E-state index contributed by atoms with van der Waals surface area (Å²) in [5.41, 5.74) is 0. The Morgan fingerprint density at radius 1 is 1.47 bits per heavy atom. The van der Waals surface area contributed by atoms with E-state index >= 15 is 0 Å². The molecule has 1 aliphatic carbocycles. The van der Waals surface area contributed by atoms with Gasteiger partial charge in [-0.2, -0.15) is 0 Å². The molecule has 1 aliphatic rings. The van der Waals surface area contributed by atoms with Gasteiger partial charge in [-0.15, -0.1) is 0 Å². The van der Waals surface area contributed by atoms with Crippen molar-refractivity contribution in [2.75, 3.05) is 24.5 Å². The Bertz CT molecular complexity index is 364. The molecule has 1 fully saturated rings. The van der Waals surface area contributed by atoms with Crippen LogP contribution in [0.25, 0.3) is 6.08 Å². The fourth-order valence-corrected chi connectivity index (χ4v) is 2.66. The van der Waals surface area contributed by atoms with Gasteiger partial charge in [0.15, 0.2) is 5.13 Å². The van der Waals surface area contributed by atoms with Crippen LogP contribution < -0.4 is 10.2 Å². The molecule has 0 amide bonds. The molecule has 4 heteroatoms. The summed E-state index contributed by atoms with van der Waals surface area (Å²) in [6.07, 6.45) is 9.02. The highest BCUT2D eigenvalue weighted by Crippen LogP contribution is 2.23. The van der Waals surface area contributed by atoms with Gasteiger partial charge in [0.1, 0.15) is 0 Å². The Balaban J connectivity index is 1.83. The summed E-state index contributed by atoms with van der Waals surface area (Å²) in [5, 5.41) is 4.60. The van der Waals surface area contributed by atoms with Gasteiger partial charge >= 0.3 is 0 Å². The summed E-state index contributed by atoms with van der Waals surface area (Å²) in [7, 11) is 0. The van der Waals surface area contributed by atoms with E-state index in [1.165, 1.54) is 17.7 Å². The number of nitrogens with one attached hydrogen (secondary N) is 1. The number of nitrogens with zero attached hydrogens (tertiary/aromatic N) is 2. The van der Waals surface area contributed by atoms with Crippen molar-refractivity contribution in [3.63, 3.8) is 0 Å². The van der Waals surface area contributed by atoms with Crippen molar-refractivity contribution in [3.05, 3.63) is 17.2 Å². The highest BCUT2D eigenvalue weighted by atomic mass is 32.1. The van der Waals surface area contributed by atoms with Crippen molar-refractivity contribution >= 4 is 22.5 Å². The average Bonchev–Trinajstić information content (AvgIpc) is 3.06. The lowest BCUT2D eigenvalue weighted by atomic mass is 10.4. The molecule has 1 heterocycles. The summed E-state index contributed by atoms with van der Waals surface area (Å²) in [6.45, 7) is 7.36. The lowest BCUT2D eigenvalue weighted by Gasteiger charge is -2.16. The second kappa shape index (κ2) is 6.17. The van der Waals surface area contributed by atoms with Crippen LogP contribution in [0.3, 0.4) is 0 Å². The topological polar surface area (TPSA) is 28.2 Å². The first-order valence-corrected chi connectivity index (χ1v) is 7.25. The van der Waals surface area contributed by atoms with Gasteiger partial charge in [-0.25, -0.2) is 4.98 Å². The Labute approximate surface area is 108 Å². The van der Waals surface area contributed by atoms with E-state index in [0.717, 1.165) is 30.8 Å². The third-order valence-corrected chi connectivity index (χ3v) is 3.95.